The summed E-state index contributed by atoms with van der Waals surface area (Å²) in [7, 11) is 0. The number of esters is 1. The molecule has 1 aliphatic heterocycles. The Morgan fingerprint density at radius 3 is 2.11 bits per heavy atom. The quantitative estimate of drug-likeness (QED) is 0.750. The zero-order valence-electron chi connectivity index (χ0n) is 16.4. The molecule has 0 spiro atoms. The Morgan fingerprint density at radius 1 is 0.893 bits per heavy atom. The molecular weight excluding hydrogens is 352 g/mol. The number of amides is 1. The van der Waals surface area contributed by atoms with Gasteiger partial charge in [-0.2, -0.15) is 0 Å². The van der Waals surface area contributed by atoms with Crippen molar-refractivity contribution >= 4 is 17.6 Å². The van der Waals surface area contributed by atoms with Crippen molar-refractivity contribution in [2.45, 2.75) is 39.2 Å². The van der Waals surface area contributed by atoms with Gasteiger partial charge in [0, 0.05) is 17.8 Å². The van der Waals surface area contributed by atoms with E-state index in [4.69, 9.17) is 4.74 Å². The highest BCUT2D eigenvalue weighted by atomic mass is 16.5. The monoisotopic (exact) mass is 380 g/mol. The first-order valence-electron chi connectivity index (χ1n) is 10.1. The summed E-state index contributed by atoms with van der Waals surface area (Å²) in [5, 5.41) is 2.86. The molecule has 0 bridgehead atoms. The number of nitrogens with zero attached hydrogens (tertiary/aromatic N) is 1. The molecule has 0 saturated carbocycles. The van der Waals surface area contributed by atoms with Gasteiger partial charge in [0.05, 0.1) is 12.2 Å². The first-order chi connectivity index (χ1) is 13.7. The Labute approximate surface area is 166 Å². The number of benzene rings is 2. The van der Waals surface area contributed by atoms with E-state index in [1.54, 1.807) is 31.2 Å². The van der Waals surface area contributed by atoms with Crippen LogP contribution in [0.5, 0.6) is 0 Å². The van der Waals surface area contributed by atoms with Crippen LogP contribution in [0.4, 0.5) is 5.69 Å². The van der Waals surface area contributed by atoms with Gasteiger partial charge in [-0.25, -0.2) is 4.79 Å². The van der Waals surface area contributed by atoms with Crippen LogP contribution < -0.4 is 5.32 Å². The van der Waals surface area contributed by atoms with Crippen molar-refractivity contribution in [1.82, 2.24) is 4.90 Å². The highest BCUT2D eigenvalue weighted by molar-refractivity contribution is 6.04. The summed E-state index contributed by atoms with van der Waals surface area (Å²) in [6, 6.07) is 14.5. The molecule has 2 aromatic carbocycles. The van der Waals surface area contributed by atoms with Gasteiger partial charge in [0.25, 0.3) is 5.91 Å². The largest absolute Gasteiger partial charge is 0.462 e. The van der Waals surface area contributed by atoms with Gasteiger partial charge in [0.1, 0.15) is 0 Å². The summed E-state index contributed by atoms with van der Waals surface area (Å²) in [5.74, 6) is -0.523. The van der Waals surface area contributed by atoms with Gasteiger partial charge < -0.3 is 10.1 Å². The van der Waals surface area contributed by atoms with E-state index in [0.29, 0.717) is 23.4 Å². The van der Waals surface area contributed by atoms with Gasteiger partial charge in [-0.05, 0) is 74.8 Å². The molecule has 0 aromatic heterocycles. The van der Waals surface area contributed by atoms with E-state index in [0.717, 1.165) is 19.6 Å². The molecule has 1 fully saturated rings. The van der Waals surface area contributed by atoms with Crippen LogP contribution in [0.2, 0.25) is 0 Å². The number of likely N-dealkylation sites (tertiary alicyclic amines) is 1. The third-order valence-corrected chi connectivity index (χ3v) is 4.97. The maximum atomic E-state index is 12.5. The van der Waals surface area contributed by atoms with Crippen molar-refractivity contribution in [3.05, 3.63) is 65.2 Å². The van der Waals surface area contributed by atoms with Gasteiger partial charge in [-0.15, -0.1) is 0 Å². The van der Waals surface area contributed by atoms with Gasteiger partial charge in [-0.1, -0.05) is 25.0 Å². The first kappa shape index (κ1) is 20.1. The van der Waals surface area contributed by atoms with Gasteiger partial charge >= 0.3 is 5.97 Å². The fourth-order valence-electron chi connectivity index (χ4n) is 3.42. The van der Waals surface area contributed by atoms with Gasteiger partial charge in [0.15, 0.2) is 0 Å². The van der Waals surface area contributed by atoms with Crippen LogP contribution >= 0.6 is 0 Å². The molecule has 1 saturated heterocycles. The van der Waals surface area contributed by atoms with Crippen molar-refractivity contribution in [2.24, 2.45) is 0 Å². The minimum atomic E-state index is -0.361. The normalized spacial score (nSPS) is 14.9. The fraction of sp³-hybridized carbons (Fsp3) is 0.391. The molecular formula is C23H28N2O3. The first-order valence-corrected chi connectivity index (χ1v) is 10.1. The van der Waals surface area contributed by atoms with Crippen LogP contribution in [0.3, 0.4) is 0 Å². The maximum Gasteiger partial charge on any atom is 0.338 e. The number of hydrogen-bond acceptors (Lipinski definition) is 4. The smallest absolute Gasteiger partial charge is 0.338 e. The number of carbonyl (C=O) groups excluding carboxylic acids is 2. The zero-order valence-corrected chi connectivity index (χ0v) is 16.4. The van der Waals surface area contributed by atoms with Crippen LogP contribution in [0, 0.1) is 0 Å². The molecule has 5 heteroatoms. The SMILES string of the molecule is CCOC(=O)c1ccc(NC(=O)c2ccc(CN3CCCCCC3)cc2)cc1. The average molecular weight is 380 g/mol. The molecule has 28 heavy (non-hydrogen) atoms. The topological polar surface area (TPSA) is 58.6 Å². The van der Waals surface area contributed by atoms with E-state index in [2.05, 4.69) is 10.2 Å². The lowest BCUT2D eigenvalue weighted by Crippen LogP contribution is -2.24. The molecule has 0 radical (unpaired) electrons. The summed E-state index contributed by atoms with van der Waals surface area (Å²) in [5.41, 5.74) is 2.97. The van der Waals surface area contributed by atoms with Crippen LogP contribution in [0.25, 0.3) is 0 Å². The van der Waals surface area contributed by atoms with Crippen molar-refractivity contribution in [3.63, 3.8) is 0 Å². The molecule has 0 atom stereocenters. The summed E-state index contributed by atoms with van der Waals surface area (Å²) in [6.45, 7) is 5.36. The number of rotatable bonds is 6. The molecule has 1 amide bonds. The maximum absolute atomic E-state index is 12.5. The second-order valence-corrected chi connectivity index (χ2v) is 7.14. The van der Waals surface area contributed by atoms with Crippen LogP contribution in [-0.2, 0) is 11.3 Å². The molecule has 1 N–H and O–H groups in total. The fourth-order valence-corrected chi connectivity index (χ4v) is 3.42. The Balaban J connectivity index is 1.56. The Bertz CT molecular complexity index is 776. The minimum Gasteiger partial charge on any atom is -0.462 e. The molecule has 3 rings (SSSR count). The zero-order chi connectivity index (χ0) is 19.8. The number of hydrogen-bond donors (Lipinski definition) is 1. The predicted molar refractivity (Wildman–Crippen MR) is 111 cm³/mol. The highest BCUT2D eigenvalue weighted by Crippen LogP contribution is 2.15. The van der Waals surface area contributed by atoms with Gasteiger partial charge in [0.2, 0.25) is 0 Å². The third-order valence-electron chi connectivity index (χ3n) is 4.97. The summed E-state index contributed by atoms with van der Waals surface area (Å²) < 4.78 is 4.96. The molecule has 0 unspecified atom stereocenters. The summed E-state index contributed by atoms with van der Waals surface area (Å²) in [4.78, 5) is 26.6. The predicted octanol–water partition coefficient (Wildman–Crippen LogP) is 4.49. The van der Waals surface area contributed by atoms with E-state index in [1.165, 1.54) is 31.2 Å². The molecule has 0 aliphatic carbocycles. The van der Waals surface area contributed by atoms with Crippen molar-refractivity contribution in [2.75, 3.05) is 25.0 Å². The Morgan fingerprint density at radius 2 is 1.50 bits per heavy atom. The number of ether oxygens (including phenoxy) is 1. The second kappa shape index (κ2) is 10.0. The van der Waals surface area contributed by atoms with Crippen LogP contribution in [-0.4, -0.2) is 36.5 Å². The Hall–Kier alpha value is -2.66. The number of nitrogens with one attached hydrogen (secondary N) is 1. The van der Waals surface area contributed by atoms with E-state index in [1.807, 2.05) is 24.3 Å². The second-order valence-electron chi connectivity index (χ2n) is 7.14. The van der Waals surface area contributed by atoms with Crippen LogP contribution in [0.1, 0.15) is 58.9 Å². The molecule has 2 aromatic rings. The molecule has 148 valence electrons. The van der Waals surface area contributed by atoms with Crippen molar-refractivity contribution in [3.8, 4) is 0 Å². The summed E-state index contributed by atoms with van der Waals surface area (Å²) in [6.07, 6.45) is 5.21. The van der Waals surface area contributed by atoms with Crippen LogP contribution in [0.15, 0.2) is 48.5 Å². The average Bonchev–Trinajstić information content (AvgIpc) is 2.98. The number of carbonyl (C=O) groups is 2. The lowest BCUT2D eigenvalue weighted by molar-refractivity contribution is 0.0526. The molecule has 5 nitrogen and oxygen atoms in total. The minimum absolute atomic E-state index is 0.162. The van der Waals surface area contributed by atoms with E-state index < -0.39 is 0 Å². The number of anilines is 1. The van der Waals surface area contributed by atoms with Gasteiger partial charge in [-0.3, -0.25) is 9.69 Å². The van der Waals surface area contributed by atoms with Crippen molar-refractivity contribution in [1.29, 1.82) is 0 Å². The van der Waals surface area contributed by atoms with Crippen molar-refractivity contribution < 1.29 is 14.3 Å². The molecule has 1 aliphatic rings. The highest BCUT2D eigenvalue weighted by Gasteiger charge is 2.11. The lowest BCUT2D eigenvalue weighted by Gasteiger charge is -2.19. The van der Waals surface area contributed by atoms with E-state index in [-0.39, 0.29) is 11.9 Å². The lowest BCUT2D eigenvalue weighted by atomic mass is 10.1. The summed E-state index contributed by atoms with van der Waals surface area (Å²) >= 11 is 0. The van der Waals surface area contributed by atoms with E-state index in [9.17, 15) is 9.59 Å². The third kappa shape index (κ3) is 5.67. The molecule has 1 heterocycles. The standard InChI is InChI=1S/C23H28N2O3/c1-2-28-23(27)20-11-13-21(14-12-20)24-22(26)19-9-7-18(8-10-19)17-25-15-5-3-4-6-16-25/h7-14H,2-6,15-17H2,1H3,(H,24,26). The van der Waals surface area contributed by atoms with E-state index >= 15 is 0 Å². The Kier molecular flexibility index (Phi) is 7.20.